The van der Waals surface area contributed by atoms with Crippen LogP contribution in [-0.4, -0.2) is 23.3 Å². The Morgan fingerprint density at radius 1 is 1.26 bits per heavy atom. The molecule has 3 rings (SSSR count). The quantitative estimate of drug-likeness (QED) is 0.595. The van der Waals surface area contributed by atoms with Gasteiger partial charge in [-0.1, -0.05) is 31.7 Å². The molecule has 27 heavy (non-hydrogen) atoms. The van der Waals surface area contributed by atoms with Crippen LogP contribution in [0.3, 0.4) is 0 Å². The monoisotopic (exact) mass is 388 g/mol. The van der Waals surface area contributed by atoms with Crippen LogP contribution in [-0.2, 0) is 11.2 Å². The lowest BCUT2D eigenvalue weighted by Crippen LogP contribution is -2.46. The molecule has 1 aliphatic heterocycles. The molecule has 2 heterocycles. The summed E-state index contributed by atoms with van der Waals surface area (Å²) >= 11 is 4.31. The van der Waals surface area contributed by atoms with Crippen molar-refractivity contribution in [3.05, 3.63) is 33.7 Å². The van der Waals surface area contributed by atoms with Crippen LogP contribution in [0.15, 0.2) is 16.9 Å². The first-order valence-electron chi connectivity index (χ1n) is 10.3. The maximum Gasteiger partial charge on any atom is 0.254 e. The Kier molecular flexibility index (Phi) is 7.46. The largest absolute Gasteiger partial charge is 0.376 e. The molecular formula is C22H32N2O2S. The number of thiol groups is 1. The van der Waals surface area contributed by atoms with E-state index in [1.807, 2.05) is 17.6 Å². The van der Waals surface area contributed by atoms with Crippen LogP contribution in [0.5, 0.6) is 0 Å². The van der Waals surface area contributed by atoms with Crippen LogP contribution < -0.4 is 10.3 Å². The smallest absolute Gasteiger partial charge is 0.254 e. The van der Waals surface area contributed by atoms with Gasteiger partial charge in [0, 0.05) is 29.6 Å². The van der Waals surface area contributed by atoms with E-state index in [2.05, 4.69) is 42.4 Å². The van der Waals surface area contributed by atoms with Crippen molar-refractivity contribution < 1.29 is 4.74 Å². The summed E-state index contributed by atoms with van der Waals surface area (Å²) in [5.41, 5.74) is 1.99. The molecular weight excluding hydrogens is 356 g/mol. The van der Waals surface area contributed by atoms with Crippen molar-refractivity contribution in [2.75, 3.05) is 6.61 Å². The molecule has 0 amide bonds. The van der Waals surface area contributed by atoms with E-state index in [1.165, 1.54) is 0 Å². The van der Waals surface area contributed by atoms with Gasteiger partial charge in [-0.05, 0) is 57.9 Å². The lowest BCUT2D eigenvalue weighted by Gasteiger charge is -2.36. The Labute approximate surface area is 168 Å². The highest BCUT2D eigenvalue weighted by Gasteiger charge is 2.31. The van der Waals surface area contributed by atoms with E-state index < -0.39 is 0 Å². The third-order valence-electron chi connectivity index (χ3n) is 5.92. The van der Waals surface area contributed by atoms with E-state index in [0.717, 1.165) is 62.6 Å². The van der Waals surface area contributed by atoms with Crippen LogP contribution in [0, 0.1) is 24.7 Å². The number of ether oxygens (including phenoxy) is 1. The minimum absolute atomic E-state index is 0.000666. The van der Waals surface area contributed by atoms with E-state index in [0.29, 0.717) is 12.5 Å². The van der Waals surface area contributed by atoms with E-state index >= 15 is 0 Å². The number of nitrogens with one attached hydrogen (secondary N) is 1. The van der Waals surface area contributed by atoms with Crippen molar-refractivity contribution in [2.45, 2.75) is 83.4 Å². The number of aromatic nitrogens is 1. The average Bonchev–Trinajstić information content (AvgIpc) is 2.70. The predicted molar refractivity (Wildman–Crippen MR) is 113 cm³/mol. The molecule has 148 valence electrons. The van der Waals surface area contributed by atoms with Gasteiger partial charge in [-0.3, -0.25) is 9.52 Å². The fourth-order valence-corrected chi connectivity index (χ4v) is 4.53. The highest BCUT2D eigenvalue weighted by Crippen LogP contribution is 2.29. The zero-order chi connectivity index (χ0) is 19.2. The van der Waals surface area contributed by atoms with E-state index in [-0.39, 0.29) is 23.7 Å². The van der Waals surface area contributed by atoms with Crippen molar-refractivity contribution in [1.29, 1.82) is 0 Å². The summed E-state index contributed by atoms with van der Waals surface area (Å²) in [7, 11) is 0. The number of fused-ring (bicyclic) bond motifs is 1. The maximum atomic E-state index is 12.7. The summed E-state index contributed by atoms with van der Waals surface area (Å²) in [6.07, 6.45) is 8.65. The number of hydrogen-bond donors (Lipinski definition) is 2. The third-order valence-corrected chi connectivity index (χ3v) is 6.25. The van der Waals surface area contributed by atoms with Gasteiger partial charge >= 0.3 is 0 Å². The van der Waals surface area contributed by atoms with E-state index in [1.54, 1.807) is 0 Å². The Morgan fingerprint density at radius 2 is 2.04 bits per heavy atom. The van der Waals surface area contributed by atoms with Gasteiger partial charge in [0.25, 0.3) is 5.56 Å². The molecule has 1 aromatic heterocycles. The van der Waals surface area contributed by atoms with Gasteiger partial charge in [-0.2, -0.15) is 0 Å². The van der Waals surface area contributed by atoms with Gasteiger partial charge < -0.3 is 9.30 Å². The van der Waals surface area contributed by atoms with E-state index in [4.69, 9.17) is 4.74 Å². The number of aryl methyl sites for hydroxylation is 2. The molecule has 1 saturated carbocycles. The molecule has 0 bridgehead atoms. The first-order chi connectivity index (χ1) is 13.1. The van der Waals surface area contributed by atoms with E-state index in [9.17, 15) is 4.79 Å². The maximum absolute atomic E-state index is 12.7. The zero-order valence-electron chi connectivity index (χ0n) is 16.5. The average molecular weight is 389 g/mol. The zero-order valence-corrected chi connectivity index (χ0v) is 17.4. The Morgan fingerprint density at radius 3 is 2.74 bits per heavy atom. The van der Waals surface area contributed by atoms with Gasteiger partial charge in [0.2, 0.25) is 0 Å². The molecule has 0 aromatic carbocycles. The Hall–Kier alpha value is -1.22. The first-order valence-corrected chi connectivity index (χ1v) is 10.8. The molecule has 0 spiro atoms. The summed E-state index contributed by atoms with van der Waals surface area (Å²) in [4.78, 5) is 12.7. The van der Waals surface area contributed by atoms with Gasteiger partial charge in [0.05, 0.1) is 18.8 Å². The van der Waals surface area contributed by atoms with Gasteiger partial charge in [0.1, 0.15) is 0 Å². The molecule has 0 saturated heterocycles. The Bertz CT molecular complexity index is 741. The highest BCUT2D eigenvalue weighted by molar-refractivity contribution is 7.78. The third kappa shape index (κ3) is 4.99. The van der Waals surface area contributed by atoms with Crippen molar-refractivity contribution in [3.63, 3.8) is 0 Å². The number of rotatable bonds is 5. The molecule has 5 heteroatoms. The molecule has 2 atom stereocenters. The van der Waals surface area contributed by atoms with Crippen molar-refractivity contribution in [3.8, 4) is 11.8 Å². The molecule has 1 fully saturated rings. The van der Waals surface area contributed by atoms with Crippen LogP contribution >= 0.6 is 12.8 Å². The summed E-state index contributed by atoms with van der Waals surface area (Å²) in [5, 5.41) is 0. The number of hydrogen-bond acceptors (Lipinski definition) is 4. The minimum atomic E-state index is 0.000666. The molecule has 1 aliphatic carbocycles. The molecule has 2 aliphatic rings. The van der Waals surface area contributed by atoms with Crippen molar-refractivity contribution in [1.82, 2.24) is 9.29 Å². The fraction of sp³-hybridized carbons (Fsp3) is 0.682. The lowest BCUT2D eigenvalue weighted by molar-refractivity contribution is -0.00280. The summed E-state index contributed by atoms with van der Waals surface area (Å²) < 4.78 is 11.3. The predicted octanol–water partition coefficient (Wildman–Crippen LogP) is 3.83. The Balaban J connectivity index is 1.62. The van der Waals surface area contributed by atoms with Gasteiger partial charge in [-0.15, -0.1) is 5.92 Å². The van der Waals surface area contributed by atoms with Gasteiger partial charge in [-0.25, -0.2) is 0 Å². The SMILES string of the molecule is CCCC#CC1CCC(OCC2C(NS)CCc3ccc(C)c(=O)n32)CC1. The van der Waals surface area contributed by atoms with Crippen LogP contribution in [0.1, 0.15) is 69.2 Å². The lowest BCUT2D eigenvalue weighted by atomic mass is 9.87. The van der Waals surface area contributed by atoms with Crippen molar-refractivity contribution in [2.24, 2.45) is 5.92 Å². The van der Waals surface area contributed by atoms with Crippen LogP contribution in [0.25, 0.3) is 0 Å². The summed E-state index contributed by atoms with van der Waals surface area (Å²) in [6.45, 7) is 4.61. The standard InChI is InChI=1S/C22H32N2O2S/c1-3-4-5-6-17-8-12-19(13-9-17)26-15-21-20(23-27)14-11-18-10-7-16(2)22(25)24(18)21/h7,10,17,19-21,23,27H,3-4,8-9,11-15H2,1-2H3. The van der Waals surface area contributed by atoms with Crippen LogP contribution in [0.4, 0.5) is 0 Å². The second kappa shape index (κ2) is 9.82. The molecule has 2 unspecified atom stereocenters. The second-order valence-corrected chi connectivity index (χ2v) is 8.16. The summed E-state index contributed by atoms with van der Waals surface area (Å²) in [6, 6.07) is 4.16. The minimum Gasteiger partial charge on any atom is -0.376 e. The summed E-state index contributed by atoms with van der Waals surface area (Å²) in [5.74, 6) is 7.25. The topological polar surface area (TPSA) is 43.3 Å². The highest BCUT2D eigenvalue weighted by atomic mass is 32.1. The first kappa shape index (κ1) is 20.5. The molecule has 1 N–H and O–H groups in total. The normalized spacial score (nSPS) is 27.5. The number of nitrogens with zero attached hydrogens (tertiary/aromatic N) is 1. The molecule has 4 nitrogen and oxygen atoms in total. The van der Waals surface area contributed by atoms with Crippen LogP contribution in [0.2, 0.25) is 0 Å². The molecule has 0 radical (unpaired) electrons. The fourth-order valence-electron chi connectivity index (χ4n) is 4.23. The molecule has 1 aromatic rings. The van der Waals surface area contributed by atoms with Gasteiger partial charge in [0.15, 0.2) is 0 Å². The van der Waals surface area contributed by atoms with Crippen molar-refractivity contribution >= 4 is 12.8 Å². The number of unbranched alkanes of at least 4 members (excludes halogenated alkanes) is 1. The second-order valence-electron chi connectivity index (χ2n) is 7.90. The number of pyridine rings is 1.